The molecule has 0 saturated heterocycles. The molecular formula is C15H15N3O2. The van der Waals surface area contributed by atoms with Gasteiger partial charge in [-0.05, 0) is 31.2 Å². The fourth-order valence-electron chi connectivity index (χ4n) is 1.85. The maximum absolute atomic E-state index is 5.22. The van der Waals surface area contributed by atoms with Crippen LogP contribution in [-0.4, -0.2) is 16.7 Å². The van der Waals surface area contributed by atoms with Gasteiger partial charge >= 0.3 is 0 Å². The molecule has 2 heterocycles. The second-order valence-corrected chi connectivity index (χ2v) is 4.53. The van der Waals surface area contributed by atoms with E-state index in [9.17, 15) is 0 Å². The number of anilines is 1. The van der Waals surface area contributed by atoms with Gasteiger partial charge in [0.1, 0.15) is 0 Å². The highest BCUT2D eigenvalue weighted by Gasteiger charge is 2.10. The number of furan rings is 1. The molecule has 0 spiro atoms. The molecule has 2 aromatic heterocycles. The van der Waals surface area contributed by atoms with Crippen molar-refractivity contribution in [2.24, 2.45) is 0 Å². The quantitative estimate of drug-likeness (QED) is 0.770. The largest absolute Gasteiger partial charge is 0.461 e. The normalized spacial score (nSPS) is 10.7. The Bertz CT molecular complexity index is 657. The Balaban J connectivity index is 1.55. The van der Waals surface area contributed by atoms with E-state index < -0.39 is 0 Å². The van der Waals surface area contributed by atoms with E-state index in [2.05, 4.69) is 46.6 Å². The summed E-state index contributed by atoms with van der Waals surface area (Å²) in [7, 11) is 0. The number of rotatable bonds is 5. The van der Waals surface area contributed by atoms with Gasteiger partial charge in [-0.3, -0.25) is 0 Å². The van der Waals surface area contributed by atoms with Gasteiger partial charge in [0.15, 0.2) is 5.76 Å². The SMILES string of the molecule is Cc1ccc(NCCc2nc(-c3ccco3)no2)cc1. The van der Waals surface area contributed by atoms with Gasteiger partial charge in [0, 0.05) is 18.7 Å². The zero-order valence-electron chi connectivity index (χ0n) is 11.2. The molecular weight excluding hydrogens is 254 g/mol. The molecule has 1 N–H and O–H groups in total. The van der Waals surface area contributed by atoms with E-state index in [1.54, 1.807) is 18.4 Å². The number of nitrogens with one attached hydrogen (secondary N) is 1. The third-order valence-corrected chi connectivity index (χ3v) is 2.93. The highest BCUT2D eigenvalue weighted by molar-refractivity contribution is 5.45. The smallest absolute Gasteiger partial charge is 0.238 e. The summed E-state index contributed by atoms with van der Waals surface area (Å²) in [5.74, 6) is 1.70. The number of aromatic nitrogens is 2. The van der Waals surface area contributed by atoms with Gasteiger partial charge < -0.3 is 14.3 Å². The molecule has 0 amide bonds. The maximum atomic E-state index is 5.22. The van der Waals surface area contributed by atoms with E-state index in [0.717, 1.165) is 12.2 Å². The second kappa shape index (κ2) is 5.61. The summed E-state index contributed by atoms with van der Waals surface area (Å²) in [5.41, 5.74) is 2.33. The standard InChI is InChI=1S/C15H15N3O2/c1-11-4-6-12(7-5-11)16-9-8-14-17-15(18-20-14)13-3-2-10-19-13/h2-7,10,16H,8-9H2,1H3. The van der Waals surface area contributed by atoms with E-state index in [-0.39, 0.29) is 0 Å². The number of hydrogen-bond donors (Lipinski definition) is 1. The number of hydrogen-bond acceptors (Lipinski definition) is 5. The van der Waals surface area contributed by atoms with Gasteiger partial charge in [0.25, 0.3) is 0 Å². The molecule has 0 bridgehead atoms. The lowest BCUT2D eigenvalue weighted by atomic mass is 10.2. The van der Waals surface area contributed by atoms with Crippen LogP contribution >= 0.6 is 0 Å². The molecule has 3 rings (SSSR count). The van der Waals surface area contributed by atoms with Gasteiger partial charge in [-0.2, -0.15) is 4.98 Å². The fraction of sp³-hybridized carbons (Fsp3) is 0.200. The Kier molecular flexibility index (Phi) is 3.50. The minimum atomic E-state index is 0.486. The van der Waals surface area contributed by atoms with E-state index in [4.69, 9.17) is 8.94 Å². The summed E-state index contributed by atoms with van der Waals surface area (Å²) >= 11 is 0. The molecule has 3 aromatic rings. The molecule has 1 aromatic carbocycles. The van der Waals surface area contributed by atoms with Gasteiger partial charge in [0.2, 0.25) is 11.7 Å². The third-order valence-electron chi connectivity index (χ3n) is 2.93. The van der Waals surface area contributed by atoms with E-state index in [0.29, 0.717) is 23.9 Å². The monoisotopic (exact) mass is 269 g/mol. The summed E-state index contributed by atoms with van der Waals surface area (Å²) in [6.45, 7) is 2.81. The summed E-state index contributed by atoms with van der Waals surface area (Å²) in [5, 5.41) is 7.20. The fourth-order valence-corrected chi connectivity index (χ4v) is 1.85. The van der Waals surface area contributed by atoms with Crippen LogP contribution in [0.1, 0.15) is 11.5 Å². The number of aryl methyl sites for hydroxylation is 1. The molecule has 0 radical (unpaired) electrons. The zero-order chi connectivity index (χ0) is 13.8. The lowest BCUT2D eigenvalue weighted by Gasteiger charge is -2.04. The minimum Gasteiger partial charge on any atom is -0.461 e. The van der Waals surface area contributed by atoms with Crippen LogP contribution in [0.2, 0.25) is 0 Å². The Hall–Kier alpha value is -2.56. The average molecular weight is 269 g/mol. The number of nitrogens with zero attached hydrogens (tertiary/aromatic N) is 2. The highest BCUT2D eigenvalue weighted by Crippen LogP contribution is 2.16. The van der Waals surface area contributed by atoms with Crippen LogP contribution in [0.25, 0.3) is 11.6 Å². The number of benzene rings is 1. The molecule has 0 atom stereocenters. The maximum Gasteiger partial charge on any atom is 0.238 e. The molecule has 20 heavy (non-hydrogen) atoms. The molecule has 5 nitrogen and oxygen atoms in total. The molecule has 0 aliphatic rings. The molecule has 0 aliphatic carbocycles. The predicted octanol–water partition coefficient (Wildman–Crippen LogP) is 3.29. The van der Waals surface area contributed by atoms with Crippen LogP contribution in [0.5, 0.6) is 0 Å². The summed E-state index contributed by atoms with van der Waals surface area (Å²) in [6, 6.07) is 11.9. The van der Waals surface area contributed by atoms with Gasteiger partial charge in [-0.25, -0.2) is 0 Å². The van der Waals surface area contributed by atoms with Crippen LogP contribution in [0.3, 0.4) is 0 Å². The minimum absolute atomic E-state index is 0.486. The molecule has 0 saturated carbocycles. The first kappa shape index (κ1) is 12.5. The van der Waals surface area contributed by atoms with Crippen LogP contribution < -0.4 is 5.32 Å². The van der Waals surface area contributed by atoms with Crippen molar-refractivity contribution in [1.29, 1.82) is 0 Å². The highest BCUT2D eigenvalue weighted by atomic mass is 16.5. The van der Waals surface area contributed by atoms with Gasteiger partial charge in [0.05, 0.1) is 6.26 Å². The Morgan fingerprint density at radius 3 is 2.75 bits per heavy atom. The summed E-state index contributed by atoms with van der Waals surface area (Å²) in [6.07, 6.45) is 2.26. The Labute approximate surface area is 116 Å². The molecule has 0 aliphatic heterocycles. The first-order valence-electron chi connectivity index (χ1n) is 6.48. The van der Waals surface area contributed by atoms with Crippen LogP contribution in [0, 0.1) is 6.92 Å². The van der Waals surface area contributed by atoms with Crippen molar-refractivity contribution >= 4 is 5.69 Å². The third kappa shape index (κ3) is 2.88. The van der Waals surface area contributed by atoms with Crippen molar-refractivity contribution in [2.75, 3.05) is 11.9 Å². The summed E-state index contributed by atoms with van der Waals surface area (Å²) in [4.78, 5) is 4.29. The first-order chi connectivity index (χ1) is 9.81. The second-order valence-electron chi connectivity index (χ2n) is 4.53. The van der Waals surface area contributed by atoms with Crippen molar-refractivity contribution < 1.29 is 8.94 Å². The Morgan fingerprint density at radius 2 is 2.00 bits per heavy atom. The van der Waals surface area contributed by atoms with Crippen molar-refractivity contribution in [2.45, 2.75) is 13.3 Å². The molecule has 0 unspecified atom stereocenters. The first-order valence-corrected chi connectivity index (χ1v) is 6.48. The lowest BCUT2D eigenvalue weighted by molar-refractivity contribution is 0.380. The predicted molar refractivity (Wildman–Crippen MR) is 75.4 cm³/mol. The Morgan fingerprint density at radius 1 is 1.15 bits per heavy atom. The molecule has 0 fully saturated rings. The van der Waals surface area contributed by atoms with Crippen LogP contribution in [-0.2, 0) is 6.42 Å². The van der Waals surface area contributed by atoms with Crippen LogP contribution in [0.15, 0.2) is 51.6 Å². The van der Waals surface area contributed by atoms with Gasteiger partial charge in [-0.15, -0.1) is 0 Å². The lowest BCUT2D eigenvalue weighted by Crippen LogP contribution is -2.04. The van der Waals surface area contributed by atoms with E-state index in [1.807, 2.05) is 0 Å². The molecule has 102 valence electrons. The van der Waals surface area contributed by atoms with Crippen molar-refractivity contribution in [1.82, 2.24) is 10.1 Å². The summed E-state index contributed by atoms with van der Waals surface area (Å²) < 4.78 is 10.4. The van der Waals surface area contributed by atoms with E-state index in [1.165, 1.54) is 5.56 Å². The van der Waals surface area contributed by atoms with E-state index >= 15 is 0 Å². The van der Waals surface area contributed by atoms with Crippen molar-refractivity contribution in [3.05, 3.63) is 54.1 Å². The van der Waals surface area contributed by atoms with Crippen molar-refractivity contribution in [3.63, 3.8) is 0 Å². The topological polar surface area (TPSA) is 64.1 Å². The molecule has 5 heteroatoms. The van der Waals surface area contributed by atoms with Gasteiger partial charge in [-0.1, -0.05) is 22.9 Å². The van der Waals surface area contributed by atoms with Crippen LogP contribution in [0.4, 0.5) is 5.69 Å². The average Bonchev–Trinajstić information content (AvgIpc) is 3.11. The zero-order valence-corrected chi connectivity index (χ0v) is 11.2. The van der Waals surface area contributed by atoms with Crippen molar-refractivity contribution in [3.8, 4) is 11.6 Å².